The van der Waals surface area contributed by atoms with E-state index < -0.39 is 11.2 Å². The first-order chi connectivity index (χ1) is 14.3. The van der Waals surface area contributed by atoms with Crippen LogP contribution in [0.5, 0.6) is 0 Å². The summed E-state index contributed by atoms with van der Waals surface area (Å²) in [5, 5.41) is 5.67. The van der Waals surface area contributed by atoms with Crippen molar-refractivity contribution in [3.63, 3.8) is 0 Å². The van der Waals surface area contributed by atoms with Crippen LogP contribution in [-0.2, 0) is 25.3 Å². The molecule has 0 aliphatic heterocycles. The van der Waals surface area contributed by atoms with E-state index in [0.29, 0.717) is 11.4 Å². The maximum atomic E-state index is 12.5. The van der Waals surface area contributed by atoms with Crippen molar-refractivity contribution in [2.75, 3.05) is 5.32 Å². The molecule has 1 amide bonds. The Morgan fingerprint density at radius 1 is 1.20 bits per heavy atom. The van der Waals surface area contributed by atoms with Crippen LogP contribution in [0.1, 0.15) is 5.69 Å². The average Bonchev–Trinajstić information content (AvgIpc) is 3.19. The number of aromatic nitrogens is 4. The SMILES string of the molecule is Cn1c(=O)c2cc(NC(=O)Cc3csc(-c4cccc(Br)c4)n3)cnc2n(C)c1=O. The van der Waals surface area contributed by atoms with Gasteiger partial charge in [-0.15, -0.1) is 11.3 Å². The molecule has 0 aliphatic rings. The van der Waals surface area contributed by atoms with Crippen molar-refractivity contribution in [1.29, 1.82) is 0 Å². The molecule has 0 radical (unpaired) electrons. The molecule has 4 rings (SSSR count). The fraction of sp³-hybridized carbons (Fsp3) is 0.150. The van der Waals surface area contributed by atoms with Crippen LogP contribution in [0, 0.1) is 0 Å². The summed E-state index contributed by atoms with van der Waals surface area (Å²) in [4.78, 5) is 45.5. The first-order valence-corrected chi connectivity index (χ1v) is 10.6. The van der Waals surface area contributed by atoms with E-state index in [1.165, 1.54) is 35.2 Å². The van der Waals surface area contributed by atoms with Crippen LogP contribution in [0.25, 0.3) is 21.6 Å². The van der Waals surface area contributed by atoms with E-state index in [1.807, 2.05) is 29.6 Å². The Labute approximate surface area is 183 Å². The Morgan fingerprint density at radius 3 is 2.77 bits per heavy atom. The number of nitrogens with one attached hydrogen (secondary N) is 1. The second-order valence-electron chi connectivity index (χ2n) is 6.68. The summed E-state index contributed by atoms with van der Waals surface area (Å²) in [6.45, 7) is 0. The van der Waals surface area contributed by atoms with Crippen molar-refractivity contribution in [1.82, 2.24) is 19.1 Å². The summed E-state index contributed by atoms with van der Waals surface area (Å²) >= 11 is 4.91. The maximum absolute atomic E-state index is 12.5. The lowest BCUT2D eigenvalue weighted by Crippen LogP contribution is -2.37. The minimum Gasteiger partial charge on any atom is -0.324 e. The van der Waals surface area contributed by atoms with Crippen molar-refractivity contribution in [3.05, 3.63) is 72.9 Å². The highest BCUT2D eigenvalue weighted by Crippen LogP contribution is 2.26. The van der Waals surface area contributed by atoms with Crippen molar-refractivity contribution in [2.45, 2.75) is 6.42 Å². The quantitative estimate of drug-likeness (QED) is 0.479. The number of pyridine rings is 1. The van der Waals surface area contributed by atoms with Gasteiger partial charge in [-0.05, 0) is 18.2 Å². The average molecular weight is 486 g/mol. The third kappa shape index (κ3) is 3.83. The van der Waals surface area contributed by atoms with Gasteiger partial charge in [0.1, 0.15) is 10.7 Å². The standard InChI is InChI=1S/C20H16BrN5O3S/c1-25-17-15(19(28)26(2)20(25)29)7-13(9-22-17)23-16(27)8-14-10-30-18(24-14)11-4-3-5-12(21)6-11/h3-7,9-10H,8H2,1-2H3,(H,23,27). The molecule has 3 aromatic heterocycles. The third-order valence-electron chi connectivity index (χ3n) is 4.54. The van der Waals surface area contributed by atoms with E-state index in [2.05, 4.69) is 31.2 Å². The van der Waals surface area contributed by atoms with E-state index in [4.69, 9.17) is 0 Å². The molecule has 4 aromatic rings. The normalized spacial score (nSPS) is 11.0. The number of carbonyl (C=O) groups is 1. The Kier molecular flexibility index (Phi) is 5.35. The van der Waals surface area contributed by atoms with Gasteiger partial charge in [-0.3, -0.25) is 18.7 Å². The summed E-state index contributed by atoms with van der Waals surface area (Å²) in [6.07, 6.45) is 1.51. The van der Waals surface area contributed by atoms with Gasteiger partial charge in [-0.2, -0.15) is 0 Å². The summed E-state index contributed by atoms with van der Waals surface area (Å²) in [6, 6.07) is 9.32. The zero-order chi connectivity index (χ0) is 21.4. The minimum absolute atomic E-state index is 0.0911. The summed E-state index contributed by atoms with van der Waals surface area (Å²) in [5.41, 5.74) is 1.35. The topological polar surface area (TPSA) is 98.9 Å². The monoisotopic (exact) mass is 485 g/mol. The Bertz CT molecular complexity index is 1410. The molecule has 0 fully saturated rings. The lowest BCUT2D eigenvalue weighted by atomic mass is 10.2. The molecule has 152 valence electrons. The molecule has 10 heteroatoms. The molecule has 3 heterocycles. The fourth-order valence-electron chi connectivity index (χ4n) is 3.05. The number of hydrogen-bond donors (Lipinski definition) is 1. The molecule has 0 bridgehead atoms. The van der Waals surface area contributed by atoms with Crippen LogP contribution >= 0.6 is 27.3 Å². The van der Waals surface area contributed by atoms with Gasteiger partial charge >= 0.3 is 5.69 Å². The highest BCUT2D eigenvalue weighted by molar-refractivity contribution is 9.10. The number of rotatable bonds is 4. The number of aryl methyl sites for hydroxylation is 1. The van der Waals surface area contributed by atoms with Gasteiger partial charge in [0.05, 0.1) is 29.4 Å². The third-order valence-corrected chi connectivity index (χ3v) is 5.98. The van der Waals surface area contributed by atoms with Gasteiger partial charge in [0.2, 0.25) is 5.91 Å². The lowest BCUT2D eigenvalue weighted by molar-refractivity contribution is -0.115. The minimum atomic E-state index is -0.463. The van der Waals surface area contributed by atoms with Gasteiger partial charge in [0, 0.05) is 29.5 Å². The molecule has 1 N–H and O–H groups in total. The maximum Gasteiger partial charge on any atom is 0.332 e. The van der Waals surface area contributed by atoms with Crippen LogP contribution in [0.2, 0.25) is 0 Å². The summed E-state index contributed by atoms with van der Waals surface area (Å²) in [7, 11) is 2.95. The van der Waals surface area contributed by atoms with Crippen molar-refractivity contribution >= 4 is 49.9 Å². The van der Waals surface area contributed by atoms with Crippen molar-refractivity contribution in [2.24, 2.45) is 14.1 Å². The van der Waals surface area contributed by atoms with E-state index in [0.717, 1.165) is 19.6 Å². The van der Waals surface area contributed by atoms with Gasteiger partial charge < -0.3 is 5.32 Å². The zero-order valence-electron chi connectivity index (χ0n) is 16.0. The molecule has 1 aromatic carbocycles. The number of benzene rings is 1. The first-order valence-electron chi connectivity index (χ1n) is 8.89. The number of nitrogens with zero attached hydrogens (tertiary/aromatic N) is 4. The number of amides is 1. The van der Waals surface area contributed by atoms with Crippen LogP contribution in [-0.4, -0.2) is 25.0 Å². The van der Waals surface area contributed by atoms with Crippen LogP contribution in [0.15, 0.2) is 56.0 Å². The molecule has 0 unspecified atom stereocenters. The van der Waals surface area contributed by atoms with Crippen LogP contribution in [0.3, 0.4) is 0 Å². The zero-order valence-corrected chi connectivity index (χ0v) is 18.5. The summed E-state index contributed by atoms with van der Waals surface area (Å²) in [5.74, 6) is -0.274. The predicted octanol–water partition coefficient (Wildman–Crippen LogP) is 2.70. The largest absolute Gasteiger partial charge is 0.332 e. The molecule has 0 saturated carbocycles. The van der Waals surface area contributed by atoms with Gasteiger partial charge in [-0.25, -0.2) is 14.8 Å². The smallest absolute Gasteiger partial charge is 0.324 e. The van der Waals surface area contributed by atoms with Gasteiger partial charge in [0.15, 0.2) is 0 Å². The van der Waals surface area contributed by atoms with E-state index in [1.54, 1.807) is 7.05 Å². The second kappa shape index (κ2) is 7.96. The van der Waals surface area contributed by atoms with Crippen molar-refractivity contribution in [3.8, 4) is 10.6 Å². The fourth-order valence-corrected chi connectivity index (χ4v) is 4.26. The summed E-state index contributed by atoms with van der Waals surface area (Å²) < 4.78 is 3.26. The molecule has 0 spiro atoms. The molecule has 30 heavy (non-hydrogen) atoms. The Morgan fingerprint density at radius 2 is 2.00 bits per heavy atom. The predicted molar refractivity (Wildman–Crippen MR) is 120 cm³/mol. The number of anilines is 1. The number of thiazole rings is 1. The molecular weight excluding hydrogens is 470 g/mol. The lowest BCUT2D eigenvalue weighted by Gasteiger charge is -2.09. The molecule has 8 nitrogen and oxygen atoms in total. The van der Waals surface area contributed by atoms with Gasteiger partial charge in [-0.1, -0.05) is 28.1 Å². The van der Waals surface area contributed by atoms with E-state index in [-0.39, 0.29) is 23.4 Å². The van der Waals surface area contributed by atoms with Crippen LogP contribution < -0.4 is 16.6 Å². The van der Waals surface area contributed by atoms with Crippen LogP contribution in [0.4, 0.5) is 5.69 Å². The first kappa shape index (κ1) is 20.2. The Balaban J connectivity index is 1.54. The molecular formula is C20H16BrN5O3S. The number of hydrogen-bond acceptors (Lipinski definition) is 6. The number of halogens is 1. The highest BCUT2D eigenvalue weighted by atomic mass is 79.9. The second-order valence-corrected chi connectivity index (χ2v) is 8.45. The highest BCUT2D eigenvalue weighted by Gasteiger charge is 2.13. The number of fused-ring (bicyclic) bond motifs is 1. The van der Waals surface area contributed by atoms with E-state index >= 15 is 0 Å². The van der Waals surface area contributed by atoms with E-state index in [9.17, 15) is 14.4 Å². The molecule has 0 atom stereocenters. The molecule has 0 saturated heterocycles. The number of carbonyl (C=O) groups excluding carboxylic acids is 1. The van der Waals surface area contributed by atoms with Crippen molar-refractivity contribution < 1.29 is 4.79 Å². The van der Waals surface area contributed by atoms with Gasteiger partial charge in [0.25, 0.3) is 5.56 Å². The molecule has 0 aliphatic carbocycles. The Hall–Kier alpha value is -3.11.